The lowest BCUT2D eigenvalue weighted by molar-refractivity contribution is -0.143. The summed E-state index contributed by atoms with van der Waals surface area (Å²) in [6.07, 6.45) is 2.28. The summed E-state index contributed by atoms with van der Waals surface area (Å²) in [4.78, 5) is 14.6. The van der Waals surface area contributed by atoms with E-state index in [0.717, 1.165) is 36.5 Å². The molecule has 21 heavy (non-hydrogen) atoms. The van der Waals surface area contributed by atoms with E-state index in [1.54, 1.807) is 0 Å². The van der Waals surface area contributed by atoms with Gasteiger partial charge in [-0.15, -0.1) is 0 Å². The Bertz CT molecular complexity index is 478. The molecule has 1 N–H and O–H groups in total. The molecular weight excluding hydrogens is 284 g/mol. The maximum absolute atomic E-state index is 12.8. The van der Waals surface area contributed by atoms with Gasteiger partial charge in [-0.05, 0) is 49.5 Å². The molecule has 0 radical (unpaired) electrons. The van der Waals surface area contributed by atoms with Crippen LogP contribution < -0.4 is 5.32 Å². The molecule has 1 aromatic carbocycles. The average Bonchev–Trinajstić information content (AvgIpc) is 2.49. The van der Waals surface area contributed by atoms with Crippen LogP contribution in [0.4, 0.5) is 0 Å². The number of hydrogen-bond donors (Lipinski definition) is 1. The number of amides is 1. The molecule has 1 aliphatic rings. The van der Waals surface area contributed by atoms with Crippen LogP contribution in [-0.2, 0) is 11.3 Å². The summed E-state index contributed by atoms with van der Waals surface area (Å²) < 4.78 is 0. The van der Waals surface area contributed by atoms with Gasteiger partial charge in [-0.25, -0.2) is 0 Å². The van der Waals surface area contributed by atoms with Crippen LogP contribution in [0.2, 0.25) is 5.02 Å². The zero-order valence-corrected chi connectivity index (χ0v) is 13.9. The van der Waals surface area contributed by atoms with Gasteiger partial charge in [0.2, 0.25) is 5.91 Å². The second-order valence-electron chi connectivity index (χ2n) is 6.55. The van der Waals surface area contributed by atoms with Crippen LogP contribution in [0, 0.1) is 11.3 Å². The van der Waals surface area contributed by atoms with Crippen LogP contribution in [0.3, 0.4) is 0 Å². The van der Waals surface area contributed by atoms with Crippen molar-refractivity contribution < 1.29 is 4.79 Å². The zero-order valence-electron chi connectivity index (χ0n) is 13.2. The number of hydrogen-bond acceptors (Lipinski definition) is 2. The minimum absolute atomic E-state index is 0.214. The smallest absolute Gasteiger partial charge is 0.228 e. The molecule has 2 rings (SSSR count). The third-order valence-electron chi connectivity index (χ3n) is 4.55. The highest BCUT2D eigenvalue weighted by Crippen LogP contribution is 2.33. The third kappa shape index (κ3) is 3.98. The number of piperidine rings is 1. The van der Waals surface area contributed by atoms with Gasteiger partial charge in [-0.2, -0.15) is 0 Å². The summed E-state index contributed by atoms with van der Waals surface area (Å²) >= 11 is 5.90. The molecule has 4 heteroatoms. The van der Waals surface area contributed by atoms with E-state index < -0.39 is 0 Å². The van der Waals surface area contributed by atoms with E-state index in [2.05, 4.69) is 19.2 Å². The van der Waals surface area contributed by atoms with Crippen molar-refractivity contribution in [3.8, 4) is 0 Å². The first kappa shape index (κ1) is 16.3. The van der Waals surface area contributed by atoms with Crippen molar-refractivity contribution in [2.45, 2.75) is 33.2 Å². The van der Waals surface area contributed by atoms with E-state index in [1.807, 2.05) is 36.2 Å². The highest BCUT2D eigenvalue weighted by molar-refractivity contribution is 6.30. The van der Waals surface area contributed by atoms with Crippen molar-refractivity contribution in [2.75, 3.05) is 20.1 Å². The van der Waals surface area contributed by atoms with Crippen LogP contribution in [0.15, 0.2) is 24.3 Å². The van der Waals surface area contributed by atoms with Crippen LogP contribution in [0.25, 0.3) is 0 Å². The van der Waals surface area contributed by atoms with Crippen molar-refractivity contribution in [1.82, 2.24) is 10.2 Å². The first-order valence-corrected chi connectivity index (χ1v) is 8.00. The lowest BCUT2D eigenvalue weighted by atomic mass is 9.74. The minimum Gasteiger partial charge on any atom is -0.341 e. The predicted octanol–water partition coefficient (Wildman–Crippen LogP) is 3.32. The van der Waals surface area contributed by atoms with Crippen molar-refractivity contribution in [3.05, 3.63) is 34.9 Å². The van der Waals surface area contributed by atoms with E-state index in [1.165, 1.54) is 0 Å². The lowest BCUT2D eigenvalue weighted by Crippen LogP contribution is -2.47. The lowest BCUT2D eigenvalue weighted by Gasteiger charge is -2.38. The van der Waals surface area contributed by atoms with E-state index in [0.29, 0.717) is 12.5 Å². The summed E-state index contributed by atoms with van der Waals surface area (Å²) in [6.45, 7) is 6.78. The molecular formula is C17H25ClN2O. The molecule has 1 heterocycles. The molecule has 3 nitrogen and oxygen atoms in total. The van der Waals surface area contributed by atoms with Gasteiger partial charge in [0.25, 0.3) is 0 Å². The zero-order chi connectivity index (χ0) is 15.5. The molecule has 1 amide bonds. The second kappa shape index (κ2) is 6.80. The Morgan fingerprint density at radius 2 is 2.05 bits per heavy atom. The third-order valence-corrected chi connectivity index (χ3v) is 4.80. The number of carbonyl (C=O) groups excluding carboxylic acids is 1. The molecule has 0 aliphatic carbocycles. The van der Waals surface area contributed by atoms with E-state index in [4.69, 9.17) is 11.6 Å². The molecule has 1 atom stereocenters. The topological polar surface area (TPSA) is 32.3 Å². The fourth-order valence-electron chi connectivity index (χ4n) is 3.07. The molecule has 1 unspecified atom stereocenters. The highest BCUT2D eigenvalue weighted by Gasteiger charge is 2.38. The van der Waals surface area contributed by atoms with Gasteiger partial charge in [0.15, 0.2) is 0 Å². The Morgan fingerprint density at radius 3 is 2.62 bits per heavy atom. The first-order valence-electron chi connectivity index (χ1n) is 7.62. The normalized spacial score (nSPS) is 19.3. The Balaban J connectivity index is 2.01. The molecule has 1 saturated heterocycles. The van der Waals surface area contributed by atoms with Gasteiger partial charge in [0.1, 0.15) is 0 Å². The number of halogens is 1. The maximum atomic E-state index is 12.8. The summed E-state index contributed by atoms with van der Waals surface area (Å²) in [5.41, 5.74) is 0.780. The fraction of sp³-hybridized carbons (Fsp3) is 0.588. The van der Waals surface area contributed by atoms with Crippen molar-refractivity contribution >= 4 is 17.5 Å². The summed E-state index contributed by atoms with van der Waals surface area (Å²) in [6, 6.07) is 7.68. The Kier molecular flexibility index (Phi) is 5.28. The van der Waals surface area contributed by atoms with E-state index >= 15 is 0 Å². The van der Waals surface area contributed by atoms with E-state index in [9.17, 15) is 4.79 Å². The Hall–Kier alpha value is -1.06. The fourth-order valence-corrected chi connectivity index (χ4v) is 3.20. The standard InChI is InChI=1S/C17H25ClN2O/c1-17(2,14-5-4-10-19-11-14)16(21)20(3)12-13-6-8-15(18)9-7-13/h6-9,14,19H,4-5,10-12H2,1-3H3. The molecule has 0 aromatic heterocycles. The number of nitrogens with one attached hydrogen (secondary N) is 1. The minimum atomic E-state index is -0.325. The number of benzene rings is 1. The van der Waals surface area contributed by atoms with Gasteiger partial charge in [-0.3, -0.25) is 4.79 Å². The van der Waals surface area contributed by atoms with Gasteiger partial charge in [0.05, 0.1) is 0 Å². The van der Waals surface area contributed by atoms with Crippen LogP contribution >= 0.6 is 11.6 Å². The van der Waals surface area contributed by atoms with Gasteiger partial charge in [-0.1, -0.05) is 37.6 Å². The summed E-state index contributed by atoms with van der Waals surface area (Å²) in [7, 11) is 1.88. The van der Waals surface area contributed by atoms with Gasteiger partial charge >= 0.3 is 0 Å². The number of nitrogens with zero attached hydrogens (tertiary/aromatic N) is 1. The summed E-state index contributed by atoms with van der Waals surface area (Å²) in [5, 5.41) is 4.13. The maximum Gasteiger partial charge on any atom is 0.228 e. The molecule has 0 bridgehead atoms. The largest absolute Gasteiger partial charge is 0.341 e. The highest BCUT2D eigenvalue weighted by atomic mass is 35.5. The first-order chi connectivity index (χ1) is 9.91. The average molecular weight is 309 g/mol. The van der Waals surface area contributed by atoms with Crippen LogP contribution in [-0.4, -0.2) is 30.9 Å². The van der Waals surface area contributed by atoms with Crippen molar-refractivity contribution in [1.29, 1.82) is 0 Å². The molecule has 1 fully saturated rings. The van der Waals surface area contributed by atoms with Crippen molar-refractivity contribution in [2.24, 2.45) is 11.3 Å². The number of carbonyl (C=O) groups is 1. The molecule has 1 aromatic rings. The number of rotatable bonds is 4. The van der Waals surface area contributed by atoms with Crippen LogP contribution in [0.5, 0.6) is 0 Å². The monoisotopic (exact) mass is 308 g/mol. The molecule has 0 saturated carbocycles. The van der Waals surface area contributed by atoms with Crippen molar-refractivity contribution in [3.63, 3.8) is 0 Å². The SMILES string of the molecule is CN(Cc1ccc(Cl)cc1)C(=O)C(C)(C)C1CCCNC1. The molecule has 0 spiro atoms. The van der Waals surface area contributed by atoms with E-state index in [-0.39, 0.29) is 11.3 Å². The second-order valence-corrected chi connectivity index (χ2v) is 6.99. The molecule has 1 aliphatic heterocycles. The predicted molar refractivity (Wildman–Crippen MR) is 87.3 cm³/mol. The van der Waals surface area contributed by atoms with Gasteiger partial charge < -0.3 is 10.2 Å². The van der Waals surface area contributed by atoms with Gasteiger partial charge in [0, 0.05) is 24.0 Å². The summed E-state index contributed by atoms with van der Waals surface area (Å²) in [5.74, 6) is 0.623. The quantitative estimate of drug-likeness (QED) is 0.925. The Labute approximate surface area is 132 Å². The molecule has 116 valence electrons. The Morgan fingerprint density at radius 1 is 1.38 bits per heavy atom. The van der Waals surface area contributed by atoms with Crippen LogP contribution in [0.1, 0.15) is 32.3 Å².